The van der Waals surface area contributed by atoms with Crippen LogP contribution in [0.5, 0.6) is 0 Å². The maximum Gasteiger partial charge on any atom is 0.237 e. The highest BCUT2D eigenvalue weighted by Gasteiger charge is 2.22. The molecular weight excluding hydrogens is 234 g/mol. The first-order chi connectivity index (χ1) is 8.77. The smallest absolute Gasteiger partial charge is 0.237 e. The largest absolute Gasteiger partial charge is 0.378 e. The third-order valence-corrected chi connectivity index (χ3v) is 3.38. The van der Waals surface area contributed by atoms with Gasteiger partial charge in [-0.3, -0.25) is 9.59 Å². The second-order valence-electron chi connectivity index (χ2n) is 4.68. The minimum Gasteiger partial charge on any atom is -0.378 e. The van der Waals surface area contributed by atoms with E-state index in [4.69, 9.17) is 4.74 Å². The van der Waals surface area contributed by atoms with Crippen LogP contribution in [-0.2, 0) is 14.3 Å². The van der Waals surface area contributed by atoms with Gasteiger partial charge in [0.05, 0.1) is 19.3 Å². The fourth-order valence-electron chi connectivity index (χ4n) is 2.30. The molecule has 0 aliphatic carbocycles. The minimum absolute atomic E-state index is 0.0160. The van der Waals surface area contributed by atoms with E-state index >= 15 is 0 Å². The van der Waals surface area contributed by atoms with Crippen LogP contribution in [0.2, 0.25) is 0 Å². The summed E-state index contributed by atoms with van der Waals surface area (Å²) >= 11 is 0. The molecule has 2 heterocycles. The fraction of sp³-hybridized carbons (Fsp3) is 0.833. The zero-order valence-corrected chi connectivity index (χ0v) is 10.6. The molecule has 0 unspecified atom stereocenters. The normalized spacial score (nSPS) is 24.0. The summed E-state index contributed by atoms with van der Waals surface area (Å²) in [6, 6.07) is -0.0662. The number of ether oxygens (including phenoxy) is 1. The summed E-state index contributed by atoms with van der Waals surface area (Å²) in [7, 11) is 0. The van der Waals surface area contributed by atoms with Gasteiger partial charge < -0.3 is 20.3 Å². The number of amides is 2. The van der Waals surface area contributed by atoms with Crippen molar-refractivity contribution in [2.45, 2.75) is 25.3 Å². The molecule has 2 fully saturated rings. The van der Waals surface area contributed by atoms with Crippen LogP contribution in [0, 0.1) is 0 Å². The Morgan fingerprint density at radius 2 is 2.11 bits per heavy atom. The van der Waals surface area contributed by atoms with E-state index in [1.807, 2.05) is 0 Å². The van der Waals surface area contributed by atoms with Crippen molar-refractivity contribution in [2.24, 2.45) is 0 Å². The van der Waals surface area contributed by atoms with Gasteiger partial charge >= 0.3 is 0 Å². The van der Waals surface area contributed by atoms with Crippen LogP contribution in [0.15, 0.2) is 0 Å². The monoisotopic (exact) mass is 255 g/mol. The average molecular weight is 255 g/mol. The molecule has 18 heavy (non-hydrogen) atoms. The van der Waals surface area contributed by atoms with E-state index in [9.17, 15) is 9.59 Å². The predicted molar refractivity (Wildman–Crippen MR) is 66.1 cm³/mol. The zero-order chi connectivity index (χ0) is 12.8. The Balaban J connectivity index is 1.62. The molecule has 0 aromatic carbocycles. The maximum atomic E-state index is 11.8. The number of hydrogen-bond acceptors (Lipinski definition) is 4. The summed E-state index contributed by atoms with van der Waals surface area (Å²) in [6.07, 6.45) is 2.31. The average Bonchev–Trinajstić information content (AvgIpc) is 2.93. The Morgan fingerprint density at radius 3 is 2.78 bits per heavy atom. The molecule has 2 N–H and O–H groups in total. The molecule has 102 valence electrons. The third-order valence-electron chi connectivity index (χ3n) is 3.38. The SMILES string of the molecule is O=C(NCCC(=O)N1CCOCC1)[C@H]1CCCN1. The topological polar surface area (TPSA) is 70.7 Å². The van der Waals surface area contributed by atoms with E-state index in [0.29, 0.717) is 39.3 Å². The number of morpholine rings is 1. The van der Waals surface area contributed by atoms with Crippen molar-refractivity contribution in [3.63, 3.8) is 0 Å². The van der Waals surface area contributed by atoms with Crippen LogP contribution in [0.4, 0.5) is 0 Å². The first-order valence-electron chi connectivity index (χ1n) is 6.64. The van der Waals surface area contributed by atoms with Gasteiger partial charge in [-0.1, -0.05) is 0 Å². The van der Waals surface area contributed by atoms with Crippen molar-refractivity contribution in [3.8, 4) is 0 Å². The molecule has 2 amide bonds. The molecule has 2 aliphatic rings. The minimum atomic E-state index is -0.0662. The van der Waals surface area contributed by atoms with Crippen LogP contribution in [-0.4, -0.2) is 62.1 Å². The van der Waals surface area contributed by atoms with Crippen LogP contribution < -0.4 is 10.6 Å². The first kappa shape index (κ1) is 13.3. The second kappa shape index (κ2) is 6.70. The molecule has 2 saturated heterocycles. The molecule has 6 heteroatoms. The molecule has 2 rings (SSSR count). The Bertz CT molecular complexity index is 297. The van der Waals surface area contributed by atoms with E-state index in [1.54, 1.807) is 4.90 Å². The van der Waals surface area contributed by atoms with Crippen LogP contribution in [0.25, 0.3) is 0 Å². The Hall–Kier alpha value is -1.14. The number of rotatable bonds is 4. The predicted octanol–water partition coefficient (Wildman–Crippen LogP) is -0.896. The van der Waals surface area contributed by atoms with Crippen LogP contribution in [0.1, 0.15) is 19.3 Å². The van der Waals surface area contributed by atoms with Gasteiger partial charge in [-0.2, -0.15) is 0 Å². The van der Waals surface area contributed by atoms with E-state index in [2.05, 4.69) is 10.6 Å². The molecule has 0 spiro atoms. The van der Waals surface area contributed by atoms with Crippen LogP contribution in [0.3, 0.4) is 0 Å². The maximum absolute atomic E-state index is 11.8. The van der Waals surface area contributed by atoms with Crippen molar-refractivity contribution in [1.29, 1.82) is 0 Å². The Kier molecular flexibility index (Phi) is 4.95. The summed E-state index contributed by atoms with van der Waals surface area (Å²) in [5.74, 6) is 0.111. The standard InChI is InChI=1S/C12H21N3O3/c16-11(15-6-8-18-9-7-15)3-5-14-12(17)10-2-1-4-13-10/h10,13H,1-9H2,(H,14,17)/t10-/m1/s1. The number of hydrogen-bond donors (Lipinski definition) is 2. The van der Waals surface area contributed by atoms with E-state index < -0.39 is 0 Å². The van der Waals surface area contributed by atoms with Crippen molar-refractivity contribution in [3.05, 3.63) is 0 Å². The Labute approximate surface area is 107 Å². The van der Waals surface area contributed by atoms with Gasteiger partial charge in [-0.25, -0.2) is 0 Å². The summed E-state index contributed by atoms with van der Waals surface area (Å²) in [6.45, 7) is 3.89. The molecule has 0 radical (unpaired) electrons. The highest BCUT2D eigenvalue weighted by Crippen LogP contribution is 2.04. The summed E-state index contributed by atoms with van der Waals surface area (Å²) in [5, 5.41) is 5.95. The van der Waals surface area contributed by atoms with Gasteiger partial charge in [0.25, 0.3) is 0 Å². The van der Waals surface area contributed by atoms with E-state index in [0.717, 1.165) is 19.4 Å². The summed E-state index contributed by atoms with van der Waals surface area (Å²) < 4.78 is 5.19. The molecule has 6 nitrogen and oxygen atoms in total. The quantitative estimate of drug-likeness (QED) is 0.683. The molecule has 1 atom stereocenters. The number of carbonyl (C=O) groups is 2. The Morgan fingerprint density at radius 1 is 1.33 bits per heavy atom. The fourth-order valence-corrected chi connectivity index (χ4v) is 2.30. The van der Waals surface area contributed by atoms with Gasteiger partial charge in [0.15, 0.2) is 0 Å². The number of nitrogens with one attached hydrogen (secondary N) is 2. The van der Waals surface area contributed by atoms with Crippen molar-refractivity contribution in [1.82, 2.24) is 15.5 Å². The molecule has 0 saturated carbocycles. The van der Waals surface area contributed by atoms with Gasteiger partial charge in [0, 0.05) is 26.1 Å². The van der Waals surface area contributed by atoms with Crippen molar-refractivity contribution >= 4 is 11.8 Å². The lowest BCUT2D eigenvalue weighted by Crippen LogP contribution is -2.44. The van der Waals surface area contributed by atoms with Crippen molar-refractivity contribution in [2.75, 3.05) is 39.4 Å². The van der Waals surface area contributed by atoms with Crippen molar-refractivity contribution < 1.29 is 14.3 Å². The number of carbonyl (C=O) groups excluding carboxylic acids is 2. The third kappa shape index (κ3) is 3.68. The molecular formula is C12H21N3O3. The van der Waals surface area contributed by atoms with E-state index in [-0.39, 0.29) is 17.9 Å². The van der Waals surface area contributed by atoms with Crippen LogP contribution >= 0.6 is 0 Å². The van der Waals surface area contributed by atoms with Gasteiger partial charge in [-0.15, -0.1) is 0 Å². The summed E-state index contributed by atoms with van der Waals surface area (Å²) in [5.41, 5.74) is 0. The number of nitrogens with zero attached hydrogens (tertiary/aromatic N) is 1. The van der Waals surface area contributed by atoms with Gasteiger partial charge in [0.2, 0.25) is 11.8 Å². The molecule has 0 aromatic rings. The van der Waals surface area contributed by atoms with Gasteiger partial charge in [0.1, 0.15) is 0 Å². The van der Waals surface area contributed by atoms with E-state index in [1.165, 1.54) is 0 Å². The lowest BCUT2D eigenvalue weighted by molar-refractivity contribution is -0.135. The lowest BCUT2D eigenvalue weighted by Gasteiger charge is -2.26. The highest BCUT2D eigenvalue weighted by atomic mass is 16.5. The lowest BCUT2D eigenvalue weighted by atomic mass is 10.2. The highest BCUT2D eigenvalue weighted by molar-refractivity contribution is 5.83. The molecule has 0 aromatic heterocycles. The zero-order valence-electron chi connectivity index (χ0n) is 10.6. The second-order valence-corrected chi connectivity index (χ2v) is 4.68. The molecule has 2 aliphatic heterocycles. The summed E-state index contributed by atoms with van der Waals surface area (Å²) in [4.78, 5) is 25.3. The first-order valence-corrected chi connectivity index (χ1v) is 6.64. The van der Waals surface area contributed by atoms with Gasteiger partial charge in [-0.05, 0) is 19.4 Å². The molecule has 0 bridgehead atoms.